The molecule has 0 amide bonds. The summed E-state index contributed by atoms with van der Waals surface area (Å²) in [5.41, 5.74) is 5.32. The molecule has 1 aromatic heterocycles. The van der Waals surface area contributed by atoms with Gasteiger partial charge < -0.3 is 14.8 Å². The van der Waals surface area contributed by atoms with Crippen LogP contribution in [0.2, 0.25) is 0 Å². The van der Waals surface area contributed by atoms with Gasteiger partial charge in [0.25, 0.3) is 0 Å². The maximum absolute atomic E-state index is 12.2. The van der Waals surface area contributed by atoms with E-state index in [1.807, 2.05) is 48.5 Å². The molecule has 0 atom stereocenters. The van der Waals surface area contributed by atoms with E-state index < -0.39 is 5.97 Å². The van der Waals surface area contributed by atoms with Crippen LogP contribution in [0.25, 0.3) is 10.9 Å². The number of aliphatic imine (C=N–C) groups is 1. The van der Waals surface area contributed by atoms with Gasteiger partial charge in [0.15, 0.2) is 5.88 Å². The van der Waals surface area contributed by atoms with E-state index in [1.54, 1.807) is 19.1 Å². The van der Waals surface area contributed by atoms with E-state index in [2.05, 4.69) is 22.0 Å². The number of aromatic nitrogens is 1. The van der Waals surface area contributed by atoms with E-state index >= 15 is 0 Å². The molecule has 0 unspecified atom stereocenters. The Hall–Kier alpha value is -3.90. The molecular formula is C30H31N3O3. The van der Waals surface area contributed by atoms with Crippen LogP contribution in [-0.4, -0.2) is 46.4 Å². The number of nitrogens with one attached hydrogen (secondary N) is 1. The third-order valence-corrected chi connectivity index (χ3v) is 6.61. The van der Waals surface area contributed by atoms with Gasteiger partial charge in [-0.2, -0.15) is 0 Å². The Morgan fingerprint density at radius 3 is 2.44 bits per heavy atom. The average molecular weight is 482 g/mol. The number of fused-ring (bicyclic) bond motifs is 1. The number of hydrogen-bond donors (Lipinski definition) is 2. The normalized spacial score (nSPS) is 14.8. The minimum Gasteiger partial charge on any atom is -0.494 e. The summed E-state index contributed by atoms with van der Waals surface area (Å²) in [5, 5.41) is 11.7. The summed E-state index contributed by atoms with van der Waals surface area (Å²) in [6.07, 6.45) is 3.88. The van der Waals surface area contributed by atoms with Gasteiger partial charge in [-0.3, -0.25) is 4.90 Å². The zero-order valence-corrected chi connectivity index (χ0v) is 20.5. The van der Waals surface area contributed by atoms with Gasteiger partial charge >= 0.3 is 5.97 Å². The van der Waals surface area contributed by atoms with Crippen LogP contribution in [0.3, 0.4) is 0 Å². The molecule has 6 heteroatoms. The highest BCUT2D eigenvalue weighted by Crippen LogP contribution is 2.32. The van der Waals surface area contributed by atoms with Crippen molar-refractivity contribution in [3.8, 4) is 5.88 Å². The Morgan fingerprint density at radius 2 is 1.72 bits per heavy atom. The van der Waals surface area contributed by atoms with Gasteiger partial charge in [0.2, 0.25) is 0 Å². The van der Waals surface area contributed by atoms with Crippen molar-refractivity contribution >= 4 is 28.3 Å². The summed E-state index contributed by atoms with van der Waals surface area (Å²) in [5.74, 6) is -0.382. The Labute approximate surface area is 211 Å². The molecule has 0 radical (unpaired) electrons. The number of benzene rings is 3. The van der Waals surface area contributed by atoms with Crippen molar-refractivity contribution in [1.29, 1.82) is 0 Å². The van der Waals surface area contributed by atoms with Gasteiger partial charge in [-0.05, 0) is 62.7 Å². The molecule has 2 N–H and O–H groups in total. The summed E-state index contributed by atoms with van der Waals surface area (Å²) in [7, 11) is 0. The summed E-state index contributed by atoms with van der Waals surface area (Å²) in [6, 6.07) is 23.4. The van der Waals surface area contributed by atoms with Gasteiger partial charge in [-0.25, -0.2) is 9.79 Å². The molecule has 0 aliphatic carbocycles. The monoisotopic (exact) mass is 481 g/mol. The number of nitrogens with zero attached hydrogens (tertiary/aromatic N) is 2. The Bertz CT molecular complexity index is 1370. The first kappa shape index (κ1) is 23.8. The van der Waals surface area contributed by atoms with Crippen molar-refractivity contribution in [3.63, 3.8) is 0 Å². The third-order valence-electron chi connectivity index (χ3n) is 6.61. The molecule has 0 saturated carbocycles. The quantitative estimate of drug-likeness (QED) is 0.243. The fourth-order valence-corrected chi connectivity index (χ4v) is 4.81. The Morgan fingerprint density at radius 1 is 0.972 bits per heavy atom. The van der Waals surface area contributed by atoms with E-state index in [0.717, 1.165) is 36.3 Å². The molecule has 6 nitrogen and oxygen atoms in total. The van der Waals surface area contributed by atoms with E-state index in [-0.39, 0.29) is 5.88 Å². The van der Waals surface area contributed by atoms with E-state index in [9.17, 15) is 9.90 Å². The Kier molecular flexibility index (Phi) is 7.14. The summed E-state index contributed by atoms with van der Waals surface area (Å²) in [4.78, 5) is 22.7. The lowest BCUT2D eigenvalue weighted by Crippen LogP contribution is -2.28. The van der Waals surface area contributed by atoms with Crippen molar-refractivity contribution in [3.05, 3.63) is 95.1 Å². The molecule has 4 aromatic rings. The standard InChI is InChI=1S/C30H31N3O3/c1-2-36-30(35)23-13-16-25-26(19-23)32-29(34)27(25)28(22-9-5-3-6-10-22)31-24-14-11-21(12-15-24)20-33-17-7-4-8-18-33/h3,5-6,9-16,19,32,34H,2,4,7-8,17-18,20H2,1H3. The molecule has 2 heterocycles. The SMILES string of the molecule is CCOC(=O)c1ccc2c(C(=Nc3ccc(CN4CCCCC4)cc3)c3ccccc3)c(O)[nH]c2c1. The first-order valence-corrected chi connectivity index (χ1v) is 12.6. The second kappa shape index (κ2) is 10.8. The topological polar surface area (TPSA) is 77.9 Å². The second-order valence-electron chi connectivity index (χ2n) is 9.16. The van der Waals surface area contributed by atoms with Gasteiger partial charge in [0, 0.05) is 23.0 Å². The lowest BCUT2D eigenvalue weighted by molar-refractivity contribution is 0.0526. The number of aromatic amines is 1. The summed E-state index contributed by atoms with van der Waals surface area (Å²) in [6.45, 7) is 5.37. The number of hydrogen-bond acceptors (Lipinski definition) is 5. The van der Waals surface area contributed by atoms with Gasteiger partial charge in [-0.1, -0.05) is 55.0 Å². The van der Waals surface area contributed by atoms with Crippen LogP contribution in [-0.2, 0) is 11.3 Å². The maximum atomic E-state index is 12.2. The lowest BCUT2D eigenvalue weighted by Gasteiger charge is -2.26. The molecule has 5 rings (SSSR count). The number of carbonyl (C=O) groups is 1. The average Bonchev–Trinajstić information content (AvgIpc) is 3.24. The predicted octanol–water partition coefficient (Wildman–Crippen LogP) is 6.21. The zero-order valence-electron chi connectivity index (χ0n) is 20.5. The molecule has 36 heavy (non-hydrogen) atoms. The second-order valence-corrected chi connectivity index (χ2v) is 9.16. The summed E-state index contributed by atoms with van der Waals surface area (Å²) >= 11 is 0. The molecular weight excluding hydrogens is 450 g/mol. The number of aromatic hydroxyl groups is 1. The maximum Gasteiger partial charge on any atom is 0.338 e. The minimum absolute atomic E-state index is 0.00957. The first-order chi connectivity index (χ1) is 17.6. The number of piperidine rings is 1. The highest BCUT2D eigenvalue weighted by Gasteiger charge is 2.20. The van der Waals surface area contributed by atoms with Gasteiger partial charge in [0.1, 0.15) is 0 Å². The number of likely N-dealkylation sites (tertiary alicyclic amines) is 1. The van der Waals surface area contributed by atoms with Gasteiger partial charge in [-0.15, -0.1) is 0 Å². The predicted molar refractivity (Wildman–Crippen MR) is 143 cm³/mol. The highest BCUT2D eigenvalue weighted by molar-refractivity contribution is 6.22. The lowest BCUT2D eigenvalue weighted by atomic mass is 10.00. The molecule has 0 bridgehead atoms. The van der Waals surface area contributed by atoms with Crippen LogP contribution >= 0.6 is 0 Å². The van der Waals surface area contributed by atoms with Crippen molar-refractivity contribution in [2.24, 2.45) is 4.99 Å². The number of rotatable bonds is 7. The minimum atomic E-state index is -0.392. The summed E-state index contributed by atoms with van der Waals surface area (Å²) < 4.78 is 5.13. The van der Waals surface area contributed by atoms with Gasteiger partial charge in [0.05, 0.1) is 29.1 Å². The van der Waals surface area contributed by atoms with Crippen molar-refractivity contribution in [2.45, 2.75) is 32.7 Å². The van der Waals surface area contributed by atoms with Crippen molar-refractivity contribution < 1.29 is 14.6 Å². The molecule has 1 saturated heterocycles. The first-order valence-electron chi connectivity index (χ1n) is 12.6. The number of esters is 1. The highest BCUT2D eigenvalue weighted by atomic mass is 16.5. The molecule has 0 spiro atoms. The van der Waals surface area contributed by atoms with Crippen LogP contribution in [0.15, 0.2) is 77.8 Å². The number of ether oxygens (including phenoxy) is 1. The smallest absolute Gasteiger partial charge is 0.338 e. The van der Waals surface area contributed by atoms with E-state index in [4.69, 9.17) is 9.73 Å². The van der Waals surface area contributed by atoms with Crippen molar-refractivity contribution in [2.75, 3.05) is 19.7 Å². The zero-order chi connectivity index (χ0) is 24.9. The van der Waals surface area contributed by atoms with Crippen LogP contribution < -0.4 is 0 Å². The van der Waals surface area contributed by atoms with Crippen LogP contribution in [0.5, 0.6) is 5.88 Å². The van der Waals surface area contributed by atoms with Crippen LogP contribution in [0.4, 0.5) is 5.69 Å². The fourth-order valence-electron chi connectivity index (χ4n) is 4.81. The van der Waals surface area contributed by atoms with Crippen LogP contribution in [0, 0.1) is 0 Å². The largest absolute Gasteiger partial charge is 0.494 e. The van der Waals surface area contributed by atoms with Crippen LogP contribution in [0.1, 0.15) is 53.2 Å². The Balaban J connectivity index is 1.52. The third kappa shape index (κ3) is 5.19. The molecule has 1 aliphatic rings. The van der Waals surface area contributed by atoms with Crippen molar-refractivity contribution in [1.82, 2.24) is 9.88 Å². The number of H-pyrrole nitrogens is 1. The van der Waals surface area contributed by atoms with E-state index in [1.165, 1.54) is 24.8 Å². The fraction of sp³-hybridized carbons (Fsp3) is 0.267. The molecule has 1 aliphatic heterocycles. The van der Waals surface area contributed by atoms with E-state index in [0.29, 0.717) is 29.0 Å². The number of carbonyl (C=O) groups excluding carboxylic acids is 1. The molecule has 184 valence electrons. The molecule has 1 fully saturated rings. The molecule has 3 aromatic carbocycles.